The van der Waals surface area contributed by atoms with Crippen molar-refractivity contribution >= 4 is 18.0 Å². The number of amides is 2. The van der Waals surface area contributed by atoms with Crippen LogP contribution in [0.5, 0.6) is 0 Å². The molecule has 0 radical (unpaired) electrons. The van der Waals surface area contributed by atoms with Gasteiger partial charge in [-0.2, -0.15) is 0 Å². The summed E-state index contributed by atoms with van der Waals surface area (Å²) in [7, 11) is 3.67. The Morgan fingerprint density at radius 3 is 2.46 bits per heavy atom. The quantitative estimate of drug-likeness (QED) is 0.239. The number of carbonyl (C=O) groups excluding carboxylic acids is 2. The number of aliphatic imine (C=N–C) groups is 1. The fourth-order valence-electron chi connectivity index (χ4n) is 4.01. The molecule has 0 aromatic carbocycles. The lowest BCUT2D eigenvalue weighted by atomic mass is 9.99. The van der Waals surface area contributed by atoms with Crippen molar-refractivity contribution in [2.24, 2.45) is 10.9 Å². The molecule has 0 aromatic rings. The predicted molar refractivity (Wildman–Crippen MR) is 165 cm³/mol. The van der Waals surface area contributed by atoms with Crippen LogP contribution in [-0.2, 0) is 19.1 Å². The van der Waals surface area contributed by atoms with Gasteiger partial charge in [0.15, 0.2) is 0 Å². The van der Waals surface area contributed by atoms with Crippen LogP contribution in [0.3, 0.4) is 0 Å². The molecule has 234 valence electrons. The van der Waals surface area contributed by atoms with Gasteiger partial charge in [-0.25, -0.2) is 4.39 Å². The number of rotatable bonds is 8. The average molecular weight is 581 g/mol. The highest BCUT2D eigenvalue weighted by Crippen LogP contribution is 2.23. The standard InChI is InChI=1S/C22H30FN3O5.C5H11N.2C2H6/c1-4-17(23)6-5-15(2)11-16-12-24-13-18(27)20(21(28)25-7-9-30-3)22(29)26-8-10-31-19(16)14-26;1-6-4-2-3-5-6;2*1-2/h4-6,12,15,27H,7-11,13-14H2,1-3H3,(H,25,28);2-5H2,1H3;2*1-2H3/b6-5-,17-4+,19-16+,20-18+,24-12?;;;. The van der Waals surface area contributed by atoms with Gasteiger partial charge in [-0.15, -0.1) is 0 Å². The molecule has 0 spiro atoms. The van der Waals surface area contributed by atoms with E-state index in [0.717, 1.165) is 5.57 Å². The monoisotopic (exact) mass is 580 g/mol. The lowest BCUT2D eigenvalue weighted by Gasteiger charge is -2.31. The van der Waals surface area contributed by atoms with Crippen LogP contribution >= 0.6 is 0 Å². The van der Waals surface area contributed by atoms with E-state index in [1.807, 2.05) is 34.6 Å². The van der Waals surface area contributed by atoms with Gasteiger partial charge < -0.3 is 29.7 Å². The van der Waals surface area contributed by atoms with Crippen LogP contribution in [0.1, 0.15) is 60.8 Å². The number of nitrogens with one attached hydrogen (secondary N) is 1. The molecule has 10 heteroatoms. The number of hydrogen-bond acceptors (Lipinski definition) is 7. The third-order valence-corrected chi connectivity index (χ3v) is 6.16. The number of aliphatic hydroxyl groups excluding tert-OH is 1. The molecule has 3 rings (SSSR count). The highest BCUT2D eigenvalue weighted by Gasteiger charge is 2.31. The van der Waals surface area contributed by atoms with Crippen LogP contribution in [-0.4, -0.2) is 99.6 Å². The largest absolute Gasteiger partial charge is 0.509 e. The van der Waals surface area contributed by atoms with Gasteiger partial charge in [-0.1, -0.05) is 46.8 Å². The third-order valence-electron chi connectivity index (χ3n) is 6.16. The van der Waals surface area contributed by atoms with Gasteiger partial charge in [0.1, 0.15) is 29.5 Å². The normalized spacial score (nSPS) is 21.9. The van der Waals surface area contributed by atoms with E-state index in [2.05, 4.69) is 22.3 Å². The van der Waals surface area contributed by atoms with Gasteiger partial charge in [0, 0.05) is 25.4 Å². The Morgan fingerprint density at radius 2 is 1.90 bits per heavy atom. The molecule has 2 N–H and O–H groups in total. The van der Waals surface area contributed by atoms with Crippen LogP contribution in [0.15, 0.2) is 51.7 Å². The fourth-order valence-corrected chi connectivity index (χ4v) is 4.01. The molecule has 41 heavy (non-hydrogen) atoms. The molecule has 1 atom stereocenters. The highest BCUT2D eigenvalue weighted by molar-refractivity contribution is 6.19. The summed E-state index contributed by atoms with van der Waals surface area (Å²) in [5, 5.41) is 13.0. The average Bonchev–Trinajstić information content (AvgIpc) is 3.48. The zero-order chi connectivity index (χ0) is 31.2. The van der Waals surface area contributed by atoms with Crippen molar-refractivity contribution in [3.8, 4) is 0 Å². The van der Waals surface area contributed by atoms with Crippen LogP contribution in [0.4, 0.5) is 4.39 Å². The highest BCUT2D eigenvalue weighted by atomic mass is 19.1. The first kappa shape index (κ1) is 38.0. The summed E-state index contributed by atoms with van der Waals surface area (Å²) in [5.41, 5.74) is 0.437. The summed E-state index contributed by atoms with van der Waals surface area (Å²) in [6.07, 6.45) is 9.47. The Labute approximate surface area is 246 Å². The van der Waals surface area contributed by atoms with E-state index in [0.29, 0.717) is 12.2 Å². The Balaban J connectivity index is 0.00000137. The first-order chi connectivity index (χ1) is 19.8. The molecular formula is C31H53FN4O5. The first-order valence-electron chi connectivity index (χ1n) is 14.8. The molecule has 3 aliphatic rings. The van der Waals surface area contributed by atoms with E-state index in [1.54, 1.807) is 19.2 Å². The van der Waals surface area contributed by atoms with Crippen molar-refractivity contribution in [1.29, 1.82) is 0 Å². The molecule has 2 amide bonds. The smallest absolute Gasteiger partial charge is 0.263 e. The van der Waals surface area contributed by atoms with Crippen LogP contribution < -0.4 is 5.32 Å². The maximum atomic E-state index is 13.4. The topological polar surface area (TPSA) is 104 Å². The number of allylic oxidation sites excluding steroid dienone is 5. The van der Waals surface area contributed by atoms with Gasteiger partial charge in [0.25, 0.3) is 11.8 Å². The van der Waals surface area contributed by atoms with Crippen molar-refractivity contribution in [3.05, 3.63) is 46.7 Å². The van der Waals surface area contributed by atoms with E-state index < -0.39 is 17.6 Å². The molecule has 9 nitrogen and oxygen atoms in total. The molecule has 3 heterocycles. The van der Waals surface area contributed by atoms with Crippen molar-refractivity contribution in [1.82, 2.24) is 15.1 Å². The Kier molecular flexibility index (Phi) is 21.0. The lowest BCUT2D eigenvalue weighted by molar-refractivity contribution is -0.132. The number of aliphatic hydroxyl groups is 1. The second-order valence-electron chi connectivity index (χ2n) is 9.29. The third kappa shape index (κ3) is 14.5. The molecule has 0 saturated carbocycles. The van der Waals surface area contributed by atoms with Crippen molar-refractivity contribution < 1.29 is 28.6 Å². The van der Waals surface area contributed by atoms with Crippen LogP contribution in [0.25, 0.3) is 0 Å². The minimum absolute atomic E-state index is 0.0106. The summed E-state index contributed by atoms with van der Waals surface area (Å²) >= 11 is 0. The Hall–Kier alpha value is -2.98. The number of hydrogen-bond donors (Lipinski definition) is 2. The zero-order valence-electron chi connectivity index (χ0n) is 26.5. The maximum absolute atomic E-state index is 13.4. The molecule has 2 bridgehead atoms. The first-order valence-corrected chi connectivity index (χ1v) is 14.8. The molecule has 0 aliphatic carbocycles. The number of ether oxygens (including phenoxy) is 2. The van der Waals surface area contributed by atoms with Crippen LogP contribution in [0, 0.1) is 5.92 Å². The van der Waals surface area contributed by atoms with Crippen molar-refractivity contribution in [2.45, 2.75) is 60.8 Å². The summed E-state index contributed by atoms with van der Waals surface area (Å²) < 4.78 is 24.0. The van der Waals surface area contributed by atoms with Gasteiger partial charge in [0.05, 0.1) is 26.2 Å². The van der Waals surface area contributed by atoms with E-state index in [9.17, 15) is 19.1 Å². The molecule has 2 fully saturated rings. The van der Waals surface area contributed by atoms with Crippen LogP contribution in [0.2, 0.25) is 0 Å². The Morgan fingerprint density at radius 1 is 1.24 bits per heavy atom. The number of nitrogens with zero attached hydrogens (tertiary/aromatic N) is 3. The minimum atomic E-state index is -0.669. The van der Waals surface area contributed by atoms with Gasteiger partial charge in [-0.3, -0.25) is 14.6 Å². The number of methoxy groups -OCH3 is 1. The van der Waals surface area contributed by atoms with E-state index in [4.69, 9.17) is 9.47 Å². The summed E-state index contributed by atoms with van der Waals surface area (Å²) in [5.74, 6) is -1.39. The number of likely N-dealkylation sites (tertiary alicyclic amines) is 1. The summed E-state index contributed by atoms with van der Waals surface area (Å²) in [6.45, 7) is 15.2. The van der Waals surface area contributed by atoms with E-state index in [-0.39, 0.29) is 56.7 Å². The second kappa shape index (κ2) is 22.7. The lowest BCUT2D eigenvalue weighted by Crippen LogP contribution is -2.45. The Bertz CT molecular complexity index is 937. The predicted octanol–water partition coefficient (Wildman–Crippen LogP) is 4.98. The van der Waals surface area contributed by atoms with Crippen molar-refractivity contribution in [2.75, 3.05) is 66.6 Å². The molecule has 0 aromatic heterocycles. The van der Waals surface area contributed by atoms with Gasteiger partial charge in [0.2, 0.25) is 0 Å². The summed E-state index contributed by atoms with van der Waals surface area (Å²) in [4.78, 5) is 33.6. The van der Waals surface area contributed by atoms with Gasteiger partial charge >= 0.3 is 0 Å². The molecular weight excluding hydrogens is 527 g/mol. The molecule has 2 saturated heterocycles. The number of carbonyl (C=O) groups is 2. The number of morpholine rings is 1. The summed E-state index contributed by atoms with van der Waals surface area (Å²) in [6, 6.07) is 0. The molecule has 1 unspecified atom stereocenters. The molecule has 3 aliphatic heterocycles. The zero-order valence-corrected chi connectivity index (χ0v) is 26.5. The number of fused-ring (bicyclic) bond motifs is 2. The van der Waals surface area contributed by atoms with Gasteiger partial charge in [-0.05, 0) is 58.3 Å². The van der Waals surface area contributed by atoms with Crippen molar-refractivity contribution in [3.63, 3.8) is 0 Å². The fraction of sp³-hybridized carbons (Fsp3) is 0.645. The van der Waals surface area contributed by atoms with E-state index >= 15 is 0 Å². The minimum Gasteiger partial charge on any atom is -0.509 e. The van der Waals surface area contributed by atoms with E-state index in [1.165, 1.54) is 50.1 Å². The maximum Gasteiger partial charge on any atom is 0.263 e. The number of halogens is 1. The second-order valence-corrected chi connectivity index (χ2v) is 9.29. The SMILES string of the molecule is C/C=C(F)\C=C/C(C)C/C1=C2/CN(CCO2)C(=O)/C(C(=O)NCCOC)=C(/O)CN=C1.CC.CC.CN1CCCC1.